The summed E-state index contributed by atoms with van der Waals surface area (Å²) in [4.78, 5) is 10.9. The number of urea groups is 1. The molecule has 0 fully saturated rings. The van der Waals surface area contributed by atoms with E-state index < -0.39 is 30.0 Å². The first-order chi connectivity index (χ1) is 7.23. The van der Waals surface area contributed by atoms with E-state index in [1.54, 1.807) is 0 Å². The van der Waals surface area contributed by atoms with E-state index in [-0.39, 0.29) is 0 Å². The van der Waals surface area contributed by atoms with Crippen LogP contribution in [-0.4, -0.2) is 30.0 Å². The Hall–Kier alpha value is -1.15. The van der Waals surface area contributed by atoms with Gasteiger partial charge in [0.05, 0.1) is 0 Å². The highest BCUT2D eigenvalue weighted by molar-refractivity contribution is 5.75. The molecule has 0 saturated heterocycles. The minimum absolute atomic E-state index is 0.853. The molecule has 0 heterocycles. The molecule has 3 nitrogen and oxygen atoms in total. The van der Waals surface area contributed by atoms with Crippen molar-refractivity contribution in [2.45, 2.75) is 44.7 Å². The maximum absolute atomic E-state index is 12.0. The lowest BCUT2D eigenvalue weighted by Crippen LogP contribution is -2.59. The van der Waals surface area contributed by atoms with Gasteiger partial charge in [-0.1, -0.05) is 0 Å². The highest BCUT2D eigenvalue weighted by atomic mass is 19.4. The number of carbonyl (C=O) groups excluding carboxylic acids is 1. The molecule has 0 spiro atoms. The molecule has 0 aromatic heterocycles. The summed E-state index contributed by atoms with van der Waals surface area (Å²) in [7, 11) is 0. The smallest absolute Gasteiger partial charge is 0.334 e. The Kier molecular flexibility index (Phi) is 4.30. The van der Waals surface area contributed by atoms with Crippen LogP contribution in [0.5, 0.6) is 0 Å². The summed E-state index contributed by atoms with van der Waals surface area (Å²) in [6.07, 6.45) is -11.2. The van der Waals surface area contributed by atoms with Crippen molar-refractivity contribution in [2.75, 3.05) is 0 Å². The summed E-state index contributed by atoms with van der Waals surface area (Å²) in [5.74, 6) is 0. The minimum atomic E-state index is -5.59. The number of amides is 2. The summed E-state index contributed by atoms with van der Waals surface area (Å²) >= 11 is 0. The number of hydrogen-bond donors (Lipinski definition) is 2. The third-order valence-corrected chi connectivity index (χ3v) is 1.42. The van der Waals surface area contributed by atoms with Crippen LogP contribution in [-0.2, 0) is 0 Å². The zero-order chi connectivity index (χ0) is 14.1. The van der Waals surface area contributed by atoms with Crippen molar-refractivity contribution in [3.8, 4) is 0 Å². The van der Waals surface area contributed by atoms with Gasteiger partial charge in [0, 0.05) is 5.54 Å². The standard InChI is InChI=1S/C8H12F6N2O/c1-6(2,3)16-5(17)15-4(7(9,10)11)8(12,13)14/h4H,1-3H3,(H2,15,16,17). The van der Waals surface area contributed by atoms with Crippen molar-refractivity contribution in [1.82, 2.24) is 10.6 Å². The molecular weight excluding hydrogens is 254 g/mol. The molecular formula is C8H12F6N2O. The fraction of sp³-hybridized carbons (Fsp3) is 0.875. The largest absolute Gasteiger partial charge is 0.417 e. The summed E-state index contributed by atoms with van der Waals surface area (Å²) in [5, 5.41) is 2.80. The topological polar surface area (TPSA) is 41.1 Å². The Morgan fingerprint density at radius 1 is 0.941 bits per heavy atom. The van der Waals surface area contributed by atoms with Crippen molar-refractivity contribution in [2.24, 2.45) is 0 Å². The normalized spacial score (nSPS) is 13.8. The van der Waals surface area contributed by atoms with Crippen LogP contribution in [0, 0.1) is 0 Å². The summed E-state index contributed by atoms with van der Waals surface area (Å²) in [6, 6.07) is -5.41. The quantitative estimate of drug-likeness (QED) is 0.704. The number of nitrogens with one attached hydrogen (secondary N) is 2. The van der Waals surface area contributed by atoms with Gasteiger partial charge in [-0.05, 0) is 20.8 Å². The number of halogens is 6. The SMILES string of the molecule is CC(C)(C)NC(=O)NC(C(F)(F)F)C(F)(F)F. The van der Waals surface area contributed by atoms with E-state index in [9.17, 15) is 31.1 Å². The van der Waals surface area contributed by atoms with E-state index in [1.165, 1.54) is 20.8 Å². The molecule has 9 heteroatoms. The molecule has 0 atom stereocenters. The maximum Gasteiger partial charge on any atom is 0.417 e. The van der Waals surface area contributed by atoms with Crippen molar-refractivity contribution in [1.29, 1.82) is 0 Å². The van der Waals surface area contributed by atoms with Crippen LogP contribution in [0.2, 0.25) is 0 Å². The first kappa shape index (κ1) is 15.9. The van der Waals surface area contributed by atoms with Crippen LogP contribution in [0.4, 0.5) is 31.1 Å². The van der Waals surface area contributed by atoms with E-state index >= 15 is 0 Å². The second-order valence-corrected chi connectivity index (χ2v) is 4.36. The third kappa shape index (κ3) is 6.22. The van der Waals surface area contributed by atoms with Crippen LogP contribution < -0.4 is 10.6 Å². The van der Waals surface area contributed by atoms with Gasteiger partial charge < -0.3 is 10.6 Å². The number of carbonyl (C=O) groups is 1. The van der Waals surface area contributed by atoms with E-state index in [2.05, 4.69) is 0 Å². The van der Waals surface area contributed by atoms with Gasteiger partial charge in [-0.3, -0.25) is 0 Å². The van der Waals surface area contributed by atoms with Crippen molar-refractivity contribution >= 4 is 6.03 Å². The molecule has 0 aliphatic heterocycles. The molecule has 0 aromatic carbocycles. The van der Waals surface area contributed by atoms with Crippen LogP contribution in [0.25, 0.3) is 0 Å². The molecule has 0 saturated carbocycles. The van der Waals surface area contributed by atoms with Gasteiger partial charge in [0.1, 0.15) is 0 Å². The maximum atomic E-state index is 12.0. The van der Waals surface area contributed by atoms with Crippen molar-refractivity contribution < 1.29 is 31.1 Å². The zero-order valence-corrected chi connectivity index (χ0v) is 9.25. The van der Waals surface area contributed by atoms with Gasteiger partial charge in [0.15, 0.2) is 0 Å². The average molecular weight is 266 g/mol. The monoisotopic (exact) mass is 266 g/mol. The lowest BCUT2D eigenvalue weighted by molar-refractivity contribution is -0.255. The van der Waals surface area contributed by atoms with Crippen LogP contribution in [0.1, 0.15) is 20.8 Å². The highest BCUT2D eigenvalue weighted by Gasteiger charge is 2.57. The summed E-state index contributed by atoms with van der Waals surface area (Å²) in [6.45, 7) is 4.26. The van der Waals surface area contributed by atoms with E-state index in [0.717, 1.165) is 5.32 Å². The Bertz CT molecular complexity index is 263. The van der Waals surface area contributed by atoms with Crippen LogP contribution in [0.15, 0.2) is 0 Å². The predicted molar refractivity (Wildman–Crippen MR) is 47.3 cm³/mol. The zero-order valence-electron chi connectivity index (χ0n) is 9.25. The van der Waals surface area contributed by atoms with Gasteiger partial charge >= 0.3 is 18.4 Å². The second-order valence-electron chi connectivity index (χ2n) is 4.36. The molecule has 2 amide bonds. The van der Waals surface area contributed by atoms with E-state index in [0.29, 0.717) is 0 Å². The fourth-order valence-corrected chi connectivity index (χ4v) is 0.857. The van der Waals surface area contributed by atoms with Gasteiger partial charge in [0.2, 0.25) is 6.04 Å². The molecule has 17 heavy (non-hydrogen) atoms. The Labute approximate surface area is 93.5 Å². The molecule has 0 unspecified atom stereocenters. The van der Waals surface area contributed by atoms with Crippen molar-refractivity contribution in [3.05, 3.63) is 0 Å². The first-order valence-electron chi connectivity index (χ1n) is 4.45. The molecule has 0 aromatic rings. The number of rotatable bonds is 1. The van der Waals surface area contributed by atoms with Crippen LogP contribution in [0.3, 0.4) is 0 Å². The van der Waals surface area contributed by atoms with Crippen LogP contribution >= 0.6 is 0 Å². The molecule has 0 rings (SSSR count). The molecule has 2 N–H and O–H groups in total. The average Bonchev–Trinajstić information content (AvgIpc) is 1.91. The number of hydrogen-bond acceptors (Lipinski definition) is 1. The molecule has 102 valence electrons. The number of alkyl halides is 6. The first-order valence-corrected chi connectivity index (χ1v) is 4.45. The minimum Gasteiger partial charge on any atom is -0.334 e. The lowest BCUT2D eigenvalue weighted by atomic mass is 10.1. The van der Waals surface area contributed by atoms with Gasteiger partial charge in [-0.25, -0.2) is 4.79 Å². The highest BCUT2D eigenvalue weighted by Crippen LogP contribution is 2.33. The van der Waals surface area contributed by atoms with E-state index in [1.807, 2.05) is 5.32 Å². The van der Waals surface area contributed by atoms with Gasteiger partial charge in [-0.2, -0.15) is 26.3 Å². The Balaban J connectivity index is 4.75. The van der Waals surface area contributed by atoms with Crippen molar-refractivity contribution in [3.63, 3.8) is 0 Å². The Morgan fingerprint density at radius 2 is 1.29 bits per heavy atom. The van der Waals surface area contributed by atoms with E-state index in [4.69, 9.17) is 0 Å². The molecule has 0 bridgehead atoms. The summed E-state index contributed by atoms with van der Waals surface area (Å²) in [5.41, 5.74) is -0.939. The van der Waals surface area contributed by atoms with Gasteiger partial charge in [-0.15, -0.1) is 0 Å². The molecule has 0 aliphatic rings. The summed E-state index contributed by atoms with van der Waals surface area (Å²) < 4.78 is 72.3. The predicted octanol–water partition coefficient (Wildman–Crippen LogP) is 2.58. The lowest BCUT2D eigenvalue weighted by Gasteiger charge is -2.27. The molecule has 0 aliphatic carbocycles. The third-order valence-electron chi connectivity index (χ3n) is 1.42. The Morgan fingerprint density at radius 3 is 1.53 bits per heavy atom. The molecule has 0 radical (unpaired) electrons. The second kappa shape index (κ2) is 4.61. The fourth-order valence-electron chi connectivity index (χ4n) is 0.857. The van der Waals surface area contributed by atoms with Gasteiger partial charge in [0.25, 0.3) is 0 Å².